The van der Waals surface area contributed by atoms with Crippen molar-refractivity contribution in [3.05, 3.63) is 113 Å². The molecule has 1 aliphatic carbocycles. The Bertz CT molecular complexity index is 1360. The molecule has 0 nitrogen and oxygen atoms in total. The zero-order valence-electron chi connectivity index (χ0n) is 15.3. The fourth-order valence-electron chi connectivity index (χ4n) is 4.53. The highest BCUT2D eigenvalue weighted by Crippen LogP contribution is 2.43. The Balaban J connectivity index is 1.72. The summed E-state index contributed by atoms with van der Waals surface area (Å²) in [7, 11) is 0. The van der Waals surface area contributed by atoms with Crippen LogP contribution in [0.3, 0.4) is 0 Å². The third-order valence-corrected chi connectivity index (χ3v) is 6.73. The summed E-state index contributed by atoms with van der Waals surface area (Å²) in [6.45, 7) is 0. The first-order valence-corrected chi connectivity index (χ1v) is 10.5. The molecule has 132 valence electrons. The first-order valence-electron chi connectivity index (χ1n) is 9.65. The summed E-state index contributed by atoms with van der Waals surface area (Å²) in [4.78, 5) is 1.33. The summed E-state index contributed by atoms with van der Waals surface area (Å²) in [5.41, 5.74) is 5.45. The topological polar surface area (TPSA) is 0 Å². The van der Waals surface area contributed by atoms with E-state index in [4.69, 9.17) is 0 Å². The minimum absolute atomic E-state index is 0.296. The molecule has 1 atom stereocenters. The molecule has 0 fully saturated rings. The van der Waals surface area contributed by atoms with Gasteiger partial charge in [-0.3, -0.25) is 0 Å². The summed E-state index contributed by atoms with van der Waals surface area (Å²) < 4.78 is 0. The van der Waals surface area contributed by atoms with Crippen molar-refractivity contribution in [2.75, 3.05) is 0 Å². The number of thiophene rings is 1. The van der Waals surface area contributed by atoms with Crippen molar-refractivity contribution in [3.8, 4) is 10.4 Å². The summed E-state index contributed by atoms with van der Waals surface area (Å²) in [5.74, 6) is 0.296. The molecular formula is C27H18S. The minimum Gasteiger partial charge on any atom is -0.144 e. The van der Waals surface area contributed by atoms with E-state index in [1.54, 1.807) is 0 Å². The Hall–Kier alpha value is -3.16. The maximum Gasteiger partial charge on any atom is 0.0343 e. The van der Waals surface area contributed by atoms with Crippen LogP contribution in [0.2, 0.25) is 0 Å². The van der Waals surface area contributed by atoms with Gasteiger partial charge >= 0.3 is 0 Å². The van der Waals surface area contributed by atoms with Gasteiger partial charge in [-0.2, -0.15) is 0 Å². The monoisotopic (exact) mass is 374 g/mol. The molecule has 4 aromatic carbocycles. The molecule has 0 N–H and O–H groups in total. The highest BCUT2D eigenvalue weighted by atomic mass is 32.1. The normalized spacial score (nSPS) is 15.4. The van der Waals surface area contributed by atoms with Crippen molar-refractivity contribution < 1.29 is 0 Å². The third kappa shape index (κ3) is 2.37. The molecule has 28 heavy (non-hydrogen) atoms. The molecule has 1 aliphatic rings. The smallest absolute Gasteiger partial charge is 0.0343 e. The lowest BCUT2D eigenvalue weighted by molar-refractivity contribution is 1.07. The van der Waals surface area contributed by atoms with Crippen LogP contribution in [0.25, 0.3) is 38.1 Å². The molecule has 0 saturated carbocycles. The average molecular weight is 375 g/mol. The van der Waals surface area contributed by atoms with E-state index >= 15 is 0 Å². The van der Waals surface area contributed by atoms with Crippen LogP contribution in [-0.2, 0) is 0 Å². The lowest BCUT2D eigenvalue weighted by Gasteiger charge is -2.18. The van der Waals surface area contributed by atoms with Gasteiger partial charge in [-0.1, -0.05) is 78.9 Å². The predicted octanol–water partition coefficient (Wildman–Crippen LogP) is 7.88. The van der Waals surface area contributed by atoms with Crippen LogP contribution < -0.4 is 0 Å². The lowest BCUT2D eigenvalue weighted by Crippen LogP contribution is -1.98. The zero-order valence-corrected chi connectivity index (χ0v) is 16.1. The Labute approximate surface area is 168 Å². The van der Waals surface area contributed by atoms with Gasteiger partial charge in [0.25, 0.3) is 0 Å². The molecule has 0 saturated heterocycles. The van der Waals surface area contributed by atoms with Crippen molar-refractivity contribution in [1.82, 2.24) is 0 Å². The fourth-order valence-corrected chi connectivity index (χ4v) is 5.25. The number of hydrogen-bond donors (Lipinski definition) is 0. The summed E-state index contributed by atoms with van der Waals surface area (Å²) in [6, 6.07) is 31.2. The second kappa shape index (κ2) is 6.19. The summed E-state index contributed by atoms with van der Waals surface area (Å²) >= 11 is 1.81. The van der Waals surface area contributed by atoms with E-state index in [9.17, 15) is 0 Å². The SMILES string of the molecule is C1=CC(c2cc(-c3cccs3)cc3ccc4ccccc4c23)c2ccccc21. The van der Waals surface area contributed by atoms with Gasteiger partial charge in [-0.15, -0.1) is 11.3 Å². The molecule has 0 spiro atoms. The number of fused-ring (bicyclic) bond motifs is 4. The molecule has 5 aromatic rings. The van der Waals surface area contributed by atoms with Crippen LogP contribution in [0, 0.1) is 0 Å². The van der Waals surface area contributed by atoms with Crippen molar-refractivity contribution in [2.24, 2.45) is 0 Å². The molecule has 1 heterocycles. The largest absolute Gasteiger partial charge is 0.144 e. The van der Waals surface area contributed by atoms with Crippen molar-refractivity contribution in [3.63, 3.8) is 0 Å². The number of rotatable bonds is 2. The highest BCUT2D eigenvalue weighted by molar-refractivity contribution is 7.13. The Morgan fingerprint density at radius 1 is 0.679 bits per heavy atom. The zero-order chi connectivity index (χ0) is 18.5. The van der Waals surface area contributed by atoms with E-state index in [-0.39, 0.29) is 0 Å². The molecule has 0 radical (unpaired) electrons. The van der Waals surface area contributed by atoms with E-state index < -0.39 is 0 Å². The van der Waals surface area contributed by atoms with Gasteiger partial charge in [0, 0.05) is 10.8 Å². The third-order valence-electron chi connectivity index (χ3n) is 5.81. The van der Waals surface area contributed by atoms with Gasteiger partial charge in [-0.25, -0.2) is 0 Å². The molecule has 1 heteroatoms. The van der Waals surface area contributed by atoms with Crippen LogP contribution in [-0.4, -0.2) is 0 Å². The van der Waals surface area contributed by atoms with Crippen molar-refractivity contribution in [1.29, 1.82) is 0 Å². The van der Waals surface area contributed by atoms with E-state index in [0.717, 1.165) is 0 Å². The molecule has 0 aliphatic heterocycles. The lowest BCUT2D eigenvalue weighted by atomic mass is 9.86. The summed E-state index contributed by atoms with van der Waals surface area (Å²) in [5, 5.41) is 7.49. The quantitative estimate of drug-likeness (QED) is 0.276. The van der Waals surface area contributed by atoms with Gasteiger partial charge in [-0.05, 0) is 67.4 Å². The van der Waals surface area contributed by atoms with Crippen LogP contribution >= 0.6 is 11.3 Å². The maximum atomic E-state index is 2.41. The first-order chi connectivity index (χ1) is 13.9. The second-order valence-electron chi connectivity index (χ2n) is 7.39. The molecular weight excluding hydrogens is 356 g/mol. The van der Waals surface area contributed by atoms with Crippen LogP contribution in [0.4, 0.5) is 0 Å². The molecule has 1 aromatic heterocycles. The fraction of sp³-hybridized carbons (Fsp3) is 0.0370. The number of hydrogen-bond acceptors (Lipinski definition) is 1. The minimum atomic E-state index is 0.296. The Kier molecular flexibility index (Phi) is 3.50. The van der Waals surface area contributed by atoms with E-state index in [0.29, 0.717) is 5.92 Å². The highest BCUT2D eigenvalue weighted by Gasteiger charge is 2.22. The van der Waals surface area contributed by atoms with Gasteiger partial charge < -0.3 is 0 Å². The standard InChI is InChI=1S/C27H18S/c1-3-8-22-18(6-1)13-14-24(22)25-17-21(26-10-5-15-28-26)16-20-12-11-19-7-2-4-9-23(19)27(20)25/h1-17,24H. The van der Waals surface area contributed by atoms with Gasteiger partial charge in [0.05, 0.1) is 0 Å². The number of benzene rings is 4. The Morgan fingerprint density at radius 3 is 2.46 bits per heavy atom. The van der Waals surface area contributed by atoms with Crippen molar-refractivity contribution >= 4 is 39.0 Å². The summed E-state index contributed by atoms with van der Waals surface area (Å²) in [6.07, 6.45) is 4.63. The van der Waals surface area contributed by atoms with Gasteiger partial charge in [0.2, 0.25) is 0 Å². The molecule has 1 unspecified atom stereocenters. The maximum absolute atomic E-state index is 2.41. The average Bonchev–Trinajstić information content (AvgIpc) is 3.43. The molecule has 6 rings (SSSR count). The Morgan fingerprint density at radius 2 is 1.54 bits per heavy atom. The number of allylic oxidation sites excluding steroid dienone is 1. The van der Waals surface area contributed by atoms with E-state index in [1.807, 2.05) is 11.3 Å². The van der Waals surface area contributed by atoms with E-state index in [1.165, 1.54) is 48.7 Å². The predicted molar refractivity (Wildman–Crippen MR) is 122 cm³/mol. The molecule has 0 bridgehead atoms. The second-order valence-corrected chi connectivity index (χ2v) is 8.34. The van der Waals surface area contributed by atoms with Crippen LogP contribution in [0.5, 0.6) is 0 Å². The van der Waals surface area contributed by atoms with Crippen LogP contribution in [0.1, 0.15) is 22.6 Å². The van der Waals surface area contributed by atoms with Gasteiger partial charge in [0.1, 0.15) is 0 Å². The van der Waals surface area contributed by atoms with Crippen molar-refractivity contribution in [2.45, 2.75) is 5.92 Å². The van der Waals surface area contributed by atoms with E-state index in [2.05, 4.69) is 102 Å². The molecule has 0 amide bonds. The van der Waals surface area contributed by atoms with Crippen LogP contribution in [0.15, 0.2) is 96.4 Å². The van der Waals surface area contributed by atoms with Gasteiger partial charge in [0.15, 0.2) is 0 Å². The first kappa shape index (κ1) is 15.9.